The smallest absolute Gasteiger partial charge is 0.442 e. The van der Waals surface area contributed by atoms with Gasteiger partial charge in [-0.05, 0) is 0 Å². The molecule has 0 aromatic heterocycles. The van der Waals surface area contributed by atoms with Crippen LogP contribution in [0.15, 0.2) is 0 Å². The highest BCUT2D eigenvalue weighted by Crippen LogP contribution is 1.68. The van der Waals surface area contributed by atoms with Crippen LogP contribution in [0, 0.1) is 0 Å². The number of rotatable bonds is 0. The third-order valence-corrected chi connectivity index (χ3v) is 0.792. The molecule has 6 heteroatoms. The van der Waals surface area contributed by atoms with Crippen molar-refractivity contribution in [3.8, 4) is 0 Å². The molecule has 0 saturated carbocycles. The lowest BCUT2D eigenvalue weighted by atomic mass is 12.6. The van der Waals surface area contributed by atoms with E-state index in [4.69, 9.17) is 0 Å². The number of nitrogens with zero attached hydrogens (tertiary/aromatic N) is 2. The zero-order valence-corrected chi connectivity index (χ0v) is 3.53. The van der Waals surface area contributed by atoms with Gasteiger partial charge in [-0.3, -0.25) is 0 Å². The number of nitrogens with one attached hydrogen (secondary N) is 2. The summed E-state index contributed by atoms with van der Waals surface area (Å²) in [5.41, 5.74) is 0. The molecule has 2 N–H and O–H groups in total. The van der Waals surface area contributed by atoms with E-state index < -0.39 is 11.5 Å². The monoisotopic (exact) mass is 106 g/mol. The van der Waals surface area contributed by atoms with Gasteiger partial charge in [-0.2, -0.15) is 0 Å². The summed E-state index contributed by atoms with van der Waals surface area (Å²) in [5, 5.41) is 6.26. The first-order valence-electron chi connectivity index (χ1n) is 1.22. The van der Waals surface area contributed by atoms with Gasteiger partial charge in [0.05, 0.1) is 0 Å². The Morgan fingerprint density at radius 3 is 2.00 bits per heavy atom. The van der Waals surface area contributed by atoms with Gasteiger partial charge in [-0.25, -0.2) is 0 Å². The van der Waals surface area contributed by atoms with Gasteiger partial charge < -0.3 is 4.55 Å². The van der Waals surface area contributed by atoms with Gasteiger partial charge in [0.2, 0.25) is 0 Å². The Hall–Kier alpha value is -0.490. The minimum Gasteiger partial charge on any atom is -0.528 e. The second-order valence-electron chi connectivity index (χ2n) is 0.651. The topological polar surface area (TPSA) is 75.3 Å². The van der Waals surface area contributed by atoms with E-state index in [1.807, 2.05) is 0 Å². The highest BCUT2D eigenvalue weighted by Gasteiger charge is 2.32. The van der Waals surface area contributed by atoms with E-state index in [1.54, 1.807) is 0 Å². The molecule has 1 aliphatic rings. The van der Waals surface area contributed by atoms with Gasteiger partial charge in [-0.1, -0.05) is 0 Å². The fourth-order valence-corrected chi connectivity index (χ4v) is 0.406. The van der Waals surface area contributed by atoms with Crippen LogP contribution >= 0.6 is 0 Å². The molecule has 5 nitrogen and oxygen atoms in total. The number of hydrogen-bond acceptors (Lipinski definition) is 5. The number of hydrogen-bond donors (Lipinski definition) is 2. The Bertz CT molecular complexity index is 61.9. The lowest BCUT2D eigenvalue weighted by molar-refractivity contribution is 0.580. The lowest BCUT2D eigenvalue weighted by Gasteiger charge is -1.71. The average Bonchev–Trinajstić information content (AvgIpc) is 1.86. The van der Waals surface area contributed by atoms with E-state index >= 15 is 0 Å². The maximum absolute atomic E-state index is 9.94. The van der Waals surface area contributed by atoms with Crippen LogP contribution in [-0.2, 0) is 11.5 Å². The summed E-state index contributed by atoms with van der Waals surface area (Å²) in [7, 11) is 0. The molecule has 1 heterocycles. The first kappa shape index (κ1) is 3.69. The van der Waals surface area contributed by atoms with E-state index in [9.17, 15) is 4.55 Å². The van der Waals surface area contributed by atoms with Crippen molar-refractivity contribution >= 4 is 11.5 Å². The Morgan fingerprint density at radius 2 is 1.83 bits per heavy atom. The van der Waals surface area contributed by atoms with Crippen LogP contribution in [0.1, 0.15) is 0 Å². The van der Waals surface area contributed by atoms with Crippen LogP contribution in [0.2, 0.25) is 0 Å². The Labute approximate surface area is 37.2 Å². The highest BCUT2D eigenvalue weighted by atomic mass is 32.2. The Balaban J connectivity index is 2.32. The molecule has 0 bridgehead atoms. The van der Waals surface area contributed by atoms with Gasteiger partial charge in [0.25, 0.3) is 0 Å². The molecular weight excluding hydrogens is 104 g/mol. The summed E-state index contributed by atoms with van der Waals surface area (Å²) in [4.78, 5) is 4.28. The van der Waals surface area contributed by atoms with Crippen LogP contribution in [0.3, 0.4) is 0 Å². The molecule has 0 unspecified atom stereocenters. The predicted octanol–water partition coefficient (Wildman–Crippen LogP) is -2.29. The van der Waals surface area contributed by atoms with Crippen LogP contribution in [0.25, 0.3) is 0 Å². The van der Waals surface area contributed by atoms with Crippen LogP contribution < -0.4 is 20.1 Å². The van der Waals surface area contributed by atoms with Gasteiger partial charge in [0, 0.05) is 0 Å². The van der Waals surface area contributed by atoms with E-state index in [2.05, 4.69) is 20.1 Å². The van der Waals surface area contributed by atoms with E-state index in [-0.39, 0.29) is 0 Å². The Morgan fingerprint density at radius 1 is 1.33 bits per heavy atom. The molecule has 0 spiro atoms. The van der Waals surface area contributed by atoms with Gasteiger partial charge in [0.15, 0.2) is 9.66 Å². The molecule has 0 aromatic rings. The standard InChI is InChI=1S/H2N4OS/c5-6-3-1-2-4-6/h3-4H/q+2. The van der Waals surface area contributed by atoms with E-state index in [1.165, 1.54) is 0 Å². The van der Waals surface area contributed by atoms with Crippen molar-refractivity contribution in [3.63, 3.8) is 0 Å². The summed E-state index contributed by atoms with van der Waals surface area (Å²) in [6.07, 6.45) is 0. The molecular formula is H2N4OS+2. The fraction of sp³-hybridized carbons (Fsp3) is 0. The molecule has 6 heavy (non-hydrogen) atoms. The molecule has 0 saturated heterocycles. The van der Waals surface area contributed by atoms with Crippen molar-refractivity contribution in [1.29, 1.82) is 0 Å². The van der Waals surface area contributed by atoms with Crippen LogP contribution in [0.5, 0.6) is 0 Å². The molecule has 0 amide bonds. The van der Waals surface area contributed by atoms with Gasteiger partial charge >= 0.3 is 22.0 Å². The SMILES string of the molecule is [O-][S+]1N[N+]=[N+]N1. The fourth-order valence-electron chi connectivity index (χ4n) is 0.135. The predicted molar refractivity (Wildman–Crippen MR) is 18.7 cm³/mol. The molecule has 1 rings (SSSR count). The minimum absolute atomic E-state index is 1.26. The third kappa shape index (κ3) is 0.522. The summed E-state index contributed by atoms with van der Waals surface area (Å²) in [6.45, 7) is 0. The van der Waals surface area contributed by atoms with Crippen molar-refractivity contribution in [2.24, 2.45) is 0 Å². The molecule has 0 atom stereocenters. The van der Waals surface area contributed by atoms with Crippen molar-refractivity contribution in [1.82, 2.24) is 20.1 Å². The lowest BCUT2D eigenvalue weighted by Crippen LogP contribution is -2.26. The second-order valence-corrected chi connectivity index (χ2v) is 1.55. The first-order chi connectivity index (χ1) is 2.89. The molecule has 0 fully saturated rings. The maximum Gasteiger partial charge on any atom is 0.442 e. The van der Waals surface area contributed by atoms with Crippen molar-refractivity contribution in [2.75, 3.05) is 0 Å². The average molecular weight is 106 g/mol. The summed E-state index contributed by atoms with van der Waals surface area (Å²) >= 11 is -1.26. The second kappa shape index (κ2) is 1.31. The van der Waals surface area contributed by atoms with Gasteiger partial charge in [-0.15, -0.1) is 0 Å². The van der Waals surface area contributed by atoms with Crippen molar-refractivity contribution in [3.05, 3.63) is 0 Å². The van der Waals surface area contributed by atoms with Crippen molar-refractivity contribution < 1.29 is 4.55 Å². The Kier molecular flexibility index (Phi) is 0.807. The molecule has 2 radical (unpaired) electrons. The van der Waals surface area contributed by atoms with Crippen molar-refractivity contribution in [2.45, 2.75) is 0 Å². The first-order valence-corrected chi connectivity index (χ1v) is 2.37. The molecule has 0 aromatic carbocycles. The largest absolute Gasteiger partial charge is 0.528 e. The molecule has 32 valence electrons. The third-order valence-electron chi connectivity index (χ3n) is 0.297. The highest BCUT2D eigenvalue weighted by molar-refractivity contribution is 7.87. The van der Waals surface area contributed by atoms with Crippen LogP contribution in [-0.4, -0.2) is 4.55 Å². The molecule has 0 aliphatic carbocycles. The maximum atomic E-state index is 9.94. The minimum atomic E-state index is -1.26. The van der Waals surface area contributed by atoms with E-state index in [0.717, 1.165) is 0 Å². The zero-order valence-electron chi connectivity index (χ0n) is 2.71. The zero-order chi connectivity index (χ0) is 4.41. The summed E-state index contributed by atoms with van der Waals surface area (Å²) in [5.74, 6) is 0. The quantitative estimate of drug-likeness (QED) is 0.341. The summed E-state index contributed by atoms with van der Waals surface area (Å²) < 4.78 is 9.94. The molecule has 1 aliphatic heterocycles. The summed E-state index contributed by atoms with van der Waals surface area (Å²) in [6, 6.07) is 0. The normalized spacial score (nSPS) is 20.2. The van der Waals surface area contributed by atoms with Crippen LogP contribution in [0.4, 0.5) is 0 Å². The van der Waals surface area contributed by atoms with E-state index in [0.29, 0.717) is 0 Å². The van der Waals surface area contributed by atoms with Gasteiger partial charge in [0.1, 0.15) is 0 Å².